The van der Waals surface area contributed by atoms with E-state index in [0.717, 1.165) is 11.1 Å². The van der Waals surface area contributed by atoms with Crippen molar-refractivity contribution in [2.24, 2.45) is 0 Å². The van der Waals surface area contributed by atoms with Crippen LogP contribution in [0.5, 0.6) is 0 Å². The molecule has 0 fully saturated rings. The number of hydrogen-bond acceptors (Lipinski definition) is 3. The van der Waals surface area contributed by atoms with Crippen LogP contribution in [-0.2, 0) is 4.74 Å². The van der Waals surface area contributed by atoms with Crippen LogP contribution >= 0.6 is 0 Å². The van der Waals surface area contributed by atoms with E-state index in [1.165, 1.54) is 0 Å². The maximum atomic E-state index is 11.7. The lowest BCUT2D eigenvalue weighted by molar-refractivity contribution is 0.0635. The number of carbonyl (C=O) groups is 1. The first-order chi connectivity index (χ1) is 8.20. The Labute approximate surface area is 108 Å². The molecule has 0 spiro atoms. The lowest BCUT2D eigenvalue weighted by Crippen LogP contribution is -2.27. The van der Waals surface area contributed by atoms with Crippen molar-refractivity contribution in [1.29, 1.82) is 0 Å². The van der Waals surface area contributed by atoms with Crippen LogP contribution in [0, 0.1) is 6.92 Å². The predicted molar refractivity (Wildman–Crippen MR) is 71.7 cm³/mol. The number of aliphatic hydroxyl groups excluding tert-OH is 1. The molecular weight excluding hydrogens is 230 g/mol. The number of ether oxygens (including phenoxy) is 1. The van der Waals surface area contributed by atoms with Crippen LogP contribution in [0.4, 0.5) is 10.5 Å². The van der Waals surface area contributed by atoms with Gasteiger partial charge in [0.1, 0.15) is 5.60 Å². The first-order valence-corrected chi connectivity index (χ1v) is 5.98. The maximum absolute atomic E-state index is 11.7. The lowest BCUT2D eigenvalue weighted by Gasteiger charge is -2.21. The maximum Gasteiger partial charge on any atom is 0.412 e. The Bertz CT molecular complexity index is 433. The number of amides is 1. The molecule has 18 heavy (non-hydrogen) atoms. The van der Waals surface area contributed by atoms with Gasteiger partial charge in [0.05, 0.1) is 6.10 Å². The lowest BCUT2D eigenvalue weighted by atomic mass is 10.0. The summed E-state index contributed by atoms with van der Waals surface area (Å²) in [5.74, 6) is 0. The van der Waals surface area contributed by atoms with Crippen LogP contribution in [-0.4, -0.2) is 16.8 Å². The Balaban J connectivity index is 2.86. The summed E-state index contributed by atoms with van der Waals surface area (Å²) in [5.41, 5.74) is 1.77. The molecule has 4 nitrogen and oxygen atoms in total. The average molecular weight is 251 g/mol. The van der Waals surface area contributed by atoms with Crippen molar-refractivity contribution >= 4 is 11.8 Å². The van der Waals surface area contributed by atoms with Gasteiger partial charge in [-0.3, -0.25) is 5.32 Å². The largest absolute Gasteiger partial charge is 0.444 e. The second-order valence-corrected chi connectivity index (χ2v) is 5.32. The number of carbonyl (C=O) groups excluding carboxylic acids is 1. The molecule has 0 aromatic heterocycles. The molecule has 0 bridgehead atoms. The van der Waals surface area contributed by atoms with Gasteiger partial charge in [-0.05, 0) is 51.8 Å². The number of aliphatic hydroxyl groups is 1. The van der Waals surface area contributed by atoms with Gasteiger partial charge in [0.2, 0.25) is 0 Å². The van der Waals surface area contributed by atoms with E-state index >= 15 is 0 Å². The summed E-state index contributed by atoms with van der Waals surface area (Å²) < 4.78 is 5.18. The monoisotopic (exact) mass is 251 g/mol. The summed E-state index contributed by atoms with van der Waals surface area (Å²) in [7, 11) is 0. The molecule has 2 N–H and O–H groups in total. The smallest absolute Gasteiger partial charge is 0.412 e. The van der Waals surface area contributed by atoms with Gasteiger partial charge in [0, 0.05) is 5.69 Å². The SMILES string of the molecule is Cc1c(NC(=O)OC(C)(C)C)cccc1C(C)O. The van der Waals surface area contributed by atoms with Crippen LogP contribution in [0.25, 0.3) is 0 Å². The zero-order valence-electron chi connectivity index (χ0n) is 11.6. The van der Waals surface area contributed by atoms with E-state index in [-0.39, 0.29) is 0 Å². The molecule has 1 atom stereocenters. The molecule has 0 aliphatic carbocycles. The Hall–Kier alpha value is -1.55. The van der Waals surface area contributed by atoms with E-state index in [9.17, 15) is 9.90 Å². The molecule has 0 saturated carbocycles. The molecule has 1 aromatic rings. The summed E-state index contributed by atoms with van der Waals surface area (Å²) in [6, 6.07) is 5.41. The highest BCUT2D eigenvalue weighted by Crippen LogP contribution is 2.24. The third-order valence-electron chi connectivity index (χ3n) is 2.46. The Morgan fingerprint density at radius 1 is 1.39 bits per heavy atom. The number of hydrogen-bond donors (Lipinski definition) is 2. The fourth-order valence-electron chi connectivity index (χ4n) is 1.66. The molecule has 0 heterocycles. The van der Waals surface area contributed by atoms with Crippen molar-refractivity contribution < 1.29 is 14.6 Å². The summed E-state index contributed by atoms with van der Waals surface area (Å²) in [6.45, 7) is 8.98. The van der Waals surface area contributed by atoms with E-state index < -0.39 is 17.8 Å². The van der Waals surface area contributed by atoms with E-state index in [2.05, 4.69) is 5.32 Å². The molecule has 4 heteroatoms. The van der Waals surface area contributed by atoms with E-state index in [1.807, 2.05) is 33.8 Å². The summed E-state index contributed by atoms with van der Waals surface area (Å²) in [5, 5.41) is 12.3. The van der Waals surface area contributed by atoms with E-state index in [4.69, 9.17) is 4.74 Å². The fourth-order valence-corrected chi connectivity index (χ4v) is 1.66. The van der Waals surface area contributed by atoms with Gasteiger partial charge in [-0.25, -0.2) is 4.79 Å². The fraction of sp³-hybridized carbons (Fsp3) is 0.500. The molecule has 1 rings (SSSR count). The van der Waals surface area contributed by atoms with Gasteiger partial charge in [-0.15, -0.1) is 0 Å². The van der Waals surface area contributed by atoms with Crippen molar-refractivity contribution in [3.05, 3.63) is 29.3 Å². The Morgan fingerprint density at radius 2 is 2.00 bits per heavy atom. The average Bonchev–Trinajstić information content (AvgIpc) is 2.17. The predicted octanol–water partition coefficient (Wildman–Crippen LogP) is 3.40. The standard InChI is InChI=1S/C14H21NO3/c1-9-11(10(2)16)7-6-8-12(9)15-13(17)18-14(3,4)5/h6-8,10,16H,1-5H3,(H,15,17). The van der Waals surface area contributed by atoms with Gasteiger partial charge in [-0.2, -0.15) is 0 Å². The molecule has 1 unspecified atom stereocenters. The summed E-state index contributed by atoms with van der Waals surface area (Å²) in [4.78, 5) is 11.7. The van der Waals surface area contributed by atoms with Crippen LogP contribution in [0.3, 0.4) is 0 Å². The molecule has 1 aromatic carbocycles. The van der Waals surface area contributed by atoms with E-state index in [0.29, 0.717) is 5.69 Å². The molecular formula is C14H21NO3. The summed E-state index contributed by atoms with van der Waals surface area (Å²) in [6.07, 6.45) is -1.06. The summed E-state index contributed by atoms with van der Waals surface area (Å²) >= 11 is 0. The highest BCUT2D eigenvalue weighted by molar-refractivity contribution is 5.86. The van der Waals surface area contributed by atoms with Crippen LogP contribution < -0.4 is 5.32 Å². The second kappa shape index (κ2) is 5.40. The van der Waals surface area contributed by atoms with Crippen molar-refractivity contribution in [1.82, 2.24) is 0 Å². The molecule has 1 amide bonds. The third kappa shape index (κ3) is 4.04. The highest BCUT2D eigenvalue weighted by atomic mass is 16.6. The van der Waals surface area contributed by atoms with Crippen molar-refractivity contribution in [3.63, 3.8) is 0 Å². The van der Waals surface area contributed by atoms with E-state index in [1.54, 1.807) is 19.1 Å². The van der Waals surface area contributed by atoms with Crippen molar-refractivity contribution in [2.75, 3.05) is 5.32 Å². The molecule has 0 saturated heterocycles. The minimum absolute atomic E-state index is 0.492. The van der Waals surface area contributed by atoms with Gasteiger partial charge >= 0.3 is 6.09 Å². The minimum atomic E-state index is -0.564. The normalized spacial score (nSPS) is 13.0. The van der Waals surface area contributed by atoms with Crippen molar-refractivity contribution in [2.45, 2.75) is 46.3 Å². The highest BCUT2D eigenvalue weighted by Gasteiger charge is 2.17. The molecule has 100 valence electrons. The number of rotatable bonds is 2. The van der Waals surface area contributed by atoms with Crippen LogP contribution in [0.1, 0.15) is 44.9 Å². The zero-order chi connectivity index (χ0) is 13.9. The van der Waals surface area contributed by atoms with Gasteiger partial charge in [-0.1, -0.05) is 12.1 Å². The van der Waals surface area contributed by atoms with Crippen molar-refractivity contribution in [3.8, 4) is 0 Å². The van der Waals surface area contributed by atoms with Gasteiger partial charge < -0.3 is 9.84 Å². The first kappa shape index (κ1) is 14.5. The Morgan fingerprint density at radius 3 is 2.50 bits per heavy atom. The van der Waals surface area contributed by atoms with Gasteiger partial charge in [0.25, 0.3) is 0 Å². The second-order valence-electron chi connectivity index (χ2n) is 5.32. The number of nitrogens with one attached hydrogen (secondary N) is 1. The van der Waals surface area contributed by atoms with Crippen LogP contribution in [0.15, 0.2) is 18.2 Å². The Kier molecular flexibility index (Phi) is 4.35. The topological polar surface area (TPSA) is 58.6 Å². The number of benzene rings is 1. The number of anilines is 1. The first-order valence-electron chi connectivity index (χ1n) is 5.98. The van der Waals surface area contributed by atoms with Crippen LogP contribution in [0.2, 0.25) is 0 Å². The molecule has 0 aliphatic rings. The minimum Gasteiger partial charge on any atom is -0.444 e. The quantitative estimate of drug-likeness (QED) is 0.847. The molecule has 0 aliphatic heterocycles. The van der Waals surface area contributed by atoms with Gasteiger partial charge in [0.15, 0.2) is 0 Å². The zero-order valence-corrected chi connectivity index (χ0v) is 11.6. The molecule has 0 radical (unpaired) electrons. The third-order valence-corrected chi connectivity index (χ3v) is 2.46.